The second-order valence-corrected chi connectivity index (χ2v) is 4.27. The Balaban J connectivity index is 2.50. The Morgan fingerprint density at radius 3 is 2.39 bits per heavy atom. The van der Waals surface area contributed by atoms with E-state index in [9.17, 15) is 4.79 Å². The molecule has 0 spiro atoms. The summed E-state index contributed by atoms with van der Waals surface area (Å²) in [6.07, 6.45) is 0.972. The summed E-state index contributed by atoms with van der Waals surface area (Å²) < 4.78 is 0. The summed E-state index contributed by atoms with van der Waals surface area (Å²) in [4.78, 5) is 14.1. The molecule has 0 unspecified atom stereocenters. The first kappa shape index (κ1) is 12.2. The molecule has 0 atom stereocenters. The highest BCUT2D eigenvalue weighted by atomic mass is 16.4. The number of rotatable bonds is 3. The minimum Gasteiger partial charge on any atom is -0.478 e. The molecule has 2 rings (SSSR count). The van der Waals surface area contributed by atoms with Crippen LogP contribution >= 0.6 is 0 Å². The highest BCUT2D eigenvalue weighted by Crippen LogP contribution is 2.30. The molecule has 0 aliphatic rings. The number of aryl methyl sites for hydroxylation is 2. The van der Waals surface area contributed by atoms with Gasteiger partial charge in [-0.3, -0.25) is 0 Å². The fourth-order valence-electron chi connectivity index (χ4n) is 2.05. The molecular weight excluding hydrogens is 228 g/mol. The first-order chi connectivity index (χ1) is 8.54. The van der Waals surface area contributed by atoms with Gasteiger partial charge in [0.25, 0.3) is 0 Å². The number of aromatic amines is 1. The van der Waals surface area contributed by atoms with Crippen molar-refractivity contribution in [2.24, 2.45) is 0 Å². The number of anilines is 1. The van der Waals surface area contributed by atoms with Crippen LogP contribution in [0.3, 0.4) is 0 Å². The largest absolute Gasteiger partial charge is 0.478 e. The van der Waals surface area contributed by atoms with E-state index in [0.29, 0.717) is 17.1 Å². The lowest BCUT2D eigenvalue weighted by Crippen LogP contribution is -2.01. The third-order valence-electron chi connectivity index (χ3n) is 3.09. The fourth-order valence-corrected chi connectivity index (χ4v) is 2.05. The topological polar surface area (TPSA) is 79.1 Å². The molecule has 0 amide bonds. The van der Waals surface area contributed by atoms with Gasteiger partial charge in [-0.25, -0.2) is 4.79 Å². The summed E-state index contributed by atoms with van der Waals surface area (Å²) in [5, 5.41) is 9.09. The van der Waals surface area contributed by atoms with Crippen molar-refractivity contribution in [2.75, 3.05) is 5.73 Å². The molecule has 94 valence electrons. The van der Waals surface area contributed by atoms with Crippen LogP contribution < -0.4 is 5.73 Å². The summed E-state index contributed by atoms with van der Waals surface area (Å²) in [6.45, 7) is 3.80. The first-order valence-corrected chi connectivity index (χ1v) is 5.85. The number of hydrogen-bond donors (Lipinski definition) is 3. The number of aromatic carboxylic acids is 1. The highest BCUT2D eigenvalue weighted by molar-refractivity contribution is 5.99. The standard InChI is InChI=1S/C14H16N2O2/c1-3-9-4-6-10(7-5-9)13-12(15)11(14(17)18)8(2)16-13/h4-7,16H,3,15H2,1-2H3,(H,17,18). The number of carbonyl (C=O) groups is 1. The number of nitrogens with two attached hydrogens (primary N) is 1. The van der Waals surface area contributed by atoms with E-state index < -0.39 is 5.97 Å². The molecule has 1 heterocycles. The molecule has 0 aliphatic carbocycles. The van der Waals surface area contributed by atoms with Gasteiger partial charge in [-0.05, 0) is 18.9 Å². The summed E-state index contributed by atoms with van der Waals surface area (Å²) in [5.74, 6) is -1.00. The van der Waals surface area contributed by atoms with Gasteiger partial charge in [0, 0.05) is 11.3 Å². The summed E-state index contributed by atoms with van der Waals surface area (Å²) >= 11 is 0. The van der Waals surface area contributed by atoms with Crippen LogP contribution in [-0.4, -0.2) is 16.1 Å². The minimum absolute atomic E-state index is 0.157. The number of carboxylic acids is 1. The van der Waals surface area contributed by atoms with E-state index in [4.69, 9.17) is 10.8 Å². The van der Waals surface area contributed by atoms with Crippen molar-refractivity contribution in [3.05, 3.63) is 41.1 Å². The lowest BCUT2D eigenvalue weighted by Gasteiger charge is -2.02. The maximum Gasteiger partial charge on any atom is 0.339 e. The van der Waals surface area contributed by atoms with E-state index in [0.717, 1.165) is 12.0 Å². The fraction of sp³-hybridized carbons (Fsp3) is 0.214. The van der Waals surface area contributed by atoms with E-state index in [-0.39, 0.29) is 5.56 Å². The van der Waals surface area contributed by atoms with Crippen LogP contribution in [0.5, 0.6) is 0 Å². The third-order valence-corrected chi connectivity index (χ3v) is 3.09. The molecule has 0 fully saturated rings. The molecule has 4 N–H and O–H groups in total. The van der Waals surface area contributed by atoms with Gasteiger partial charge >= 0.3 is 5.97 Å². The number of nitrogen functional groups attached to an aromatic ring is 1. The zero-order valence-corrected chi connectivity index (χ0v) is 10.4. The summed E-state index contributed by atoms with van der Waals surface area (Å²) in [6, 6.07) is 7.94. The molecule has 1 aromatic carbocycles. The summed E-state index contributed by atoms with van der Waals surface area (Å²) in [5.41, 5.74) is 9.74. The molecule has 0 saturated heterocycles. The Hall–Kier alpha value is -2.23. The molecule has 4 heteroatoms. The maximum atomic E-state index is 11.1. The Morgan fingerprint density at radius 1 is 1.33 bits per heavy atom. The first-order valence-electron chi connectivity index (χ1n) is 5.85. The van der Waals surface area contributed by atoms with Gasteiger partial charge in [-0.15, -0.1) is 0 Å². The van der Waals surface area contributed by atoms with Gasteiger partial charge in [0.2, 0.25) is 0 Å². The van der Waals surface area contributed by atoms with Crippen molar-refractivity contribution < 1.29 is 9.90 Å². The average molecular weight is 244 g/mol. The average Bonchev–Trinajstić information content (AvgIpc) is 2.65. The van der Waals surface area contributed by atoms with Crippen molar-refractivity contribution in [1.29, 1.82) is 0 Å². The van der Waals surface area contributed by atoms with Crippen LogP contribution in [0.2, 0.25) is 0 Å². The van der Waals surface area contributed by atoms with Crippen molar-refractivity contribution in [3.63, 3.8) is 0 Å². The Bertz CT molecular complexity index is 583. The molecule has 0 saturated carbocycles. The molecule has 4 nitrogen and oxygen atoms in total. The van der Waals surface area contributed by atoms with E-state index in [1.807, 2.05) is 24.3 Å². The second kappa shape index (κ2) is 4.56. The lowest BCUT2D eigenvalue weighted by atomic mass is 10.1. The van der Waals surface area contributed by atoms with Gasteiger partial charge in [-0.2, -0.15) is 0 Å². The number of aromatic nitrogens is 1. The van der Waals surface area contributed by atoms with Gasteiger partial charge < -0.3 is 15.8 Å². The predicted octanol–water partition coefficient (Wildman–Crippen LogP) is 2.83. The normalized spacial score (nSPS) is 10.6. The van der Waals surface area contributed by atoms with Crippen LogP contribution in [0.1, 0.15) is 28.5 Å². The van der Waals surface area contributed by atoms with Crippen molar-refractivity contribution >= 4 is 11.7 Å². The Kier molecular flexibility index (Phi) is 3.10. The molecule has 0 radical (unpaired) electrons. The molecule has 0 aliphatic heterocycles. The SMILES string of the molecule is CCc1ccc(-c2[nH]c(C)c(C(=O)O)c2N)cc1. The molecular formula is C14H16N2O2. The molecule has 2 aromatic rings. The van der Waals surface area contributed by atoms with E-state index in [2.05, 4.69) is 11.9 Å². The van der Waals surface area contributed by atoms with Crippen LogP contribution in [0, 0.1) is 6.92 Å². The van der Waals surface area contributed by atoms with Crippen LogP contribution in [0.25, 0.3) is 11.3 Å². The number of hydrogen-bond acceptors (Lipinski definition) is 2. The van der Waals surface area contributed by atoms with Gasteiger partial charge in [0.1, 0.15) is 5.56 Å². The number of benzene rings is 1. The number of carboxylic acid groups (broad SMARTS) is 1. The smallest absolute Gasteiger partial charge is 0.339 e. The van der Waals surface area contributed by atoms with Crippen LogP contribution in [0.15, 0.2) is 24.3 Å². The molecule has 18 heavy (non-hydrogen) atoms. The molecule has 1 aromatic heterocycles. The van der Waals surface area contributed by atoms with Crippen LogP contribution in [0.4, 0.5) is 5.69 Å². The van der Waals surface area contributed by atoms with E-state index in [1.165, 1.54) is 5.56 Å². The van der Waals surface area contributed by atoms with Crippen molar-refractivity contribution in [2.45, 2.75) is 20.3 Å². The lowest BCUT2D eigenvalue weighted by molar-refractivity contribution is 0.0697. The number of nitrogens with one attached hydrogen (secondary N) is 1. The van der Waals surface area contributed by atoms with Gasteiger partial charge in [0.15, 0.2) is 0 Å². The van der Waals surface area contributed by atoms with Gasteiger partial charge in [-0.1, -0.05) is 31.2 Å². The van der Waals surface area contributed by atoms with Crippen molar-refractivity contribution in [3.8, 4) is 11.3 Å². The maximum absolute atomic E-state index is 11.1. The Morgan fingerprint density at radius 2 is 1.94 bits per heavy atom. The van der Waals surface area contributed by atoms with Gasteiger partial charge in [0.05, 0.1) is 11.4 Å². The third kappa shape index (κ3) is 1.97. The second-order valence-electron chi connectivity index (χ2n) is 4.27. The van der Waals surface area contributed by atoms with Crippen LogP contribution in [-0.2, 0) is 6.42 Å². The predicted molar refractivity (Wildman–Crippen MR) is 71.7 cm³/mol. The van der Waals surface area contributed by atoms with E-state index in [1.54, 1.807) is 6.92 Å². The number of H-pyrrole nitrogens is 1. The monoisotopic (exact) mass is 244 g/mol. The zero-order chi connectivity index (χ0) is 13.3. The van der Waals surface area contributed by atoms with Crippen molar-refractivity contribution in [1.82, 2.24) is 4.98 Å². The quantitative estimate of drug-likeness (QED) is 0.776. The minimum atomic E-state index is -1.00. The Labute approximate surface area is 105 Å². The molecule has 0 bridgehead atoms. The zero-order valence-electron chi connectivity index (χ0n) is 10.4. The summed E-state index contributed by atoms with van der Waals surface area (Å²) in [7, 11) is 0. The van der Waals surface area contributed by atoms with E-state index >= 15 is 0 Å². The highest BCUT2D eigenvalue weighted by Gasteiger charge is 2.18.